The van der Waals surface area contributed by atoms with Gasteiger partial charge in [-0.05, 0) is 12.0 Å². The molecule has 18 heavy (non-hydrogen) atoms. The largest absolute Gasteiger partial charge is 0.354 e. The fourth-order valence-electron chi connectivity index (χ4n) is 1.36. The minimum Gasteiger partial charge on any atom is -0.354 e. The van der Waals surface area contributed by atoms with Gasteiger partial charge in [0.2, 0.25) is 5.91 Å². The molecule has 0 bridgehead atoms. The van der Waals surface area contributed by atoms with Crippen molar-refractivity contribution in [2.45, 2.75) is 19.1 Å². The van der Waals surface area contributed by atoms with Crippen LogP contribution in [0.15, 0.2) is 30.3 Å². The molecule has 0 aliphatic heterocycles. The molecule has 0 saturated carbocycles. The number of carbonyl (C=O) groups is 1. The number of nitrogens with two attached hydrogens (primary N) is 1. The molecule has 6 heteroatoms. The van der Waals surface area contributed by atoms with E-state index in [9.17, 15) is 13.6 Å². The first-order valence-electron chi connectivity index (χ1n) is 5.56. The Morgan fingerprint density at radius 3 is 2.61 bits per heavy atom. The number of amides is 1. The van der Waals surface area contributed by atoms with Crippen molar-refractivity contribution in [1.82, 2.24) is 5.32 Å². The van der Waals surface area contributed by atoms with Crippen molar-refractivity contribution >= 4 is 5.91 Å². The second-order valence-electron chi connectivity index (χ2n) is 3.73. The minimum atomic E-state index is -2.91. The van der Waals surface area contributed by atoms with Crippen LogP contribution in [0.3, 0.4) is 0 Å². The van der Waals surface area contributed by atoms with Crippen LogP contribution in [0.1, 0.15) is 5.56 Å². The molecule has 3 N–H and O–H groups in total. The van der Waals surface area contributed by atoms with E-state index in [0.717, 1.165) is 5.56 Å². The van der Waals surface area contributed by atoms with E-state index in [4.69, 9.17) is 5.73 Å². The predicted octanol–water partition coefficient (Wildman–Crippen LogP) is 0.912. The Hall–Kier alpha value is -1.53. The van der Waals surface area contributed by atoms with Crippen LogP contribution in [0.4, 0.5) is 8.78 Å². The van der Waals surface area contributed by atoms with Gasteiger partial charge in [-0.25, -0.2) is 0 Å². The van der Waals surface area contributed by atoms with Crippen LogP contribution in [-0.2, 0) is 16.0 Å². The van der Waals surface area contributed by atoms with Crippen LogP contribution in [0.5, 0.6) is 0 Å². The maximum atomic E-state index is 11.7. The second-order valence-corrected chi connectivity index (χ2v) is 3.73. The maximum absolute atomic E-state index is 11.7. The summed E-state index contributed by atoms with van der Waals surface area (Å²) in [6.45, 7) is -2.99. The number of hydrogen-bond donors (Lipinski definition) is 2. The number of nitrogens with one attached hydrogen (secondary N) is 1. The van der Waals surface area contributed by atoms with Crippen LogP contribution in [0.2, 0.25) is 0 Å². The highest BCUT2D eigenvalue weighted by molar-refractivity contribution is 5.81. The van der Waals surface area contributed by atoms with Crippen molar-refractivity contribution in [3.8, 4) is 0 Å². The summed E-state index contributed by atoms with van der Waals surface area (Å²) in [4.78, 5) is 11.4. The lowest BCUT2D eigenvalue weighted by atomic mass is 10.1. The predicted molar refractivity (Wildman–Crippen MR) is 63.1 cm³/mol. The number of benzene rings is 1. The fraction of sp³-hybridized carbons (Fsp3) is 0.417. The van der Waals surface area contributed by atoms with Gasteiger partial charge >= 0.3 is 6.61 Å². The molecule has 0 aliphatic rings. The molecule has 0 heterocycles. The molecule has 0 aliphatic carbocycles. The lowest BCUT2D eigenvalue weighted by Gasteiger charge is -2.12. The molecular formula is C12H16F2N2O2. The second kappa shape index (κ2) is 7.73. The van der Waals surface area contributed by atoms with E-state index < -0.39 is 25.2 Å². The monoisotopic (exact) mass is 258 g/mol. The summed E-state index contributed by atoms with van der Waals surface area (Å²) >= 11 is 0. The third-order valence-electron chi connectivity index (χ3n) is 2.29. The molecule has 1 aromatic carbocycles. The SMILES string of the molecule is N[C@H](COC(F)F)C(=O)NCCc1ccccc1. The van der Waals surface area contributed by atoms with Crippen LogP contribution in [-0.4, -0.2) is 31.7 Å². The molecule has 1 atom stereocenters. The summed E-state index contributed by atoms with van der Waals surface area (Å²) < 4.78 is 27.4. The summed E-state index contributed by atoms with van der Waals surface area (Å²) in [5, 5.41) is 2.57. The molecule has 0 aromatic heterocycles. The van der Waals surface area contributed by atoms with E-state index in [0.29, 0.717) is 13.0 Å². The standard InChI is InChI=1S/C12H16F2N2O2/c13-12(14)18-8-10(15)11(17)16-7-6-9-4-2-1-3-5-9/h1-5,10,12H,6-8,15H2,(H,16,17)/t10-/m1/s1. The average molecular weight is 258 g/mol. The lowest BCUT2D eigenvalue weighted by Crippen LogP contribution is -2.44. The Morgan fingerprint density at radius 2 is 2.00 bits per heavy atom. The van der Waals surface area contributed by atoms with Crippen molar-refractivity contribution in [1.29, 1.82) is 0 Å². The lowest BCUT2D eigenvalue weighted by molar-refractivity contribution is -0.141. The topological polar surface area (TPSA) is 64.3 Å². The van der Waals surface area contributed by atoms with Gasteiger partial charge in [-0.3, -0.25) is 4.79 Å². The molecule has 4 nitrogen and oxygen atoms in total. The molecule has 1 rings (SSSR count). The number of ether oxygens (including phenoxy) is 1. The minimum absolute atomic E-state index is 0.408. The summed E-state index contributed by atoms with van der Waals surface area (Å²) in [6, 6.07) is 8.51. The molecule has 0 spiro atoms. The first-order chi connectivity index (χ1) is 8.59. The average Bonchev–Trinajstić information content (AvgIpc) is 2.37. The Labute approximate surface area is 104 Å². The van der Waals surface area contributed by atoms with Crippen molar-refractivity contribution in [3.05, 3.63) is 35.9 Å². The van der Waals surface area contributed by atoms with Gasteiger partial charge in [0, 0.05) is 6.54 Å². The highest BCUT2D eigenvalue weighted by Gasteiger charge is 2.15. The molecular weight excluding hydrogens is 242 g/mol. The van der Waals surface area contributed by atoms with Crippen molar-refractivity contribution in [3.63, 3.8) is 0 Å². The zero-order valence-corrected chi connectivity index (χ0v) is 9.81. The molecule has 0 fully saturated rings. The van der Waals surface area contributed by atoms with Gasteiger partial charge in [-0.15, -0.1) is 0 Å². The molecule has 1 aromatic rings. The van der Waals surface area contributed by atoms with Gasteiger partial charge in [-0.2, -0.15) is 8.78 Å². The van der Waals surface area contributed by atoms with Crippen LogP contribution in [0, 0.1) is 0 Å². The summed E-state index contributed by atoms with van der Waals surface area (Å²) in [7, 11) is 0. The number of alkyl halides is 2. The van der Waals surface area contributed by atoms with Crippen LogP contribution in [0.25, 0.3) is 0 Å². The summed E-state index contributed by atoms with van der Waals surface area (Å²) in [5.74, 6) is -0.494. The Bertz CT molecular complexity index is 360. The van der Waals surface area contributed by atoms with Gasteiger partial charge in [-0.1, -0.05) is 30.3 Å². The zero-order chi connectivity index (χ0) is 13.4. The van der Waals surface area contributed by atoms with Crippen LogP contribution < -0.4 is 11.1 Å². The molecule has 0 saturated heterocycles. The van der Waals surface area contributed by atoms with E-state index >= 15 is 0 Å². The van der Waals surface area contributed by atoms with E-state index in [-0.39, 0.29) is 0 Å². The third-order valence-corrected chi connectivity index (χ3v) is 2.29. The molecule has 100 valence electrons. The number of hydrogen-bond acceptors (Lipinski definition) is 3. The van der Waals surface area contributed by atoms with E-state index in [2.05, 4.69) is 10.1 Å². The van der Waals surface area contributed by atoms with Gasteiger partial charge in [0.1, 0.15) is 6.04 Å². The van der Waals surface area contributed by atoms with Gasteiger partial charge in [0.25, 0.3) is 0 Å². The number of carbonyl (C=O) groups excluding carboxylic acids is 1. The zero-order valence-electron chi connectivity index (χ0n) is 9.81. The quantitative estimate of drug-likeness (QED) is 0.764. The smallest absolute Gasteiger partial charge is 0.345 e. The fourth-order valence-corrected chi connectivity index (χ4v) is 1.36. The summed E-state index contributed by atoms with van der Waals surface area (Å²) in [6.07, 6.45) is 0.662. The molecule has 1 amide bonds. The molecule has 0 radical (unpaired) electrons. The first-order valence-corrected chi connectivity index (χ1v) is 5.56. The summed E-state index contributed by atoms with van der Waals surface area (Å²) in [5.41, 5.74) is 6.45. The first kappa shape index (κ1) is 14.5. The van der Waals surface area contributed by atoms with E-state index in [1.54, 1.807) is 0 Å². The number of halogens is 2. The van der Waals surface area contributed by atoms with Gasteiger partial charge < -0.3 is 15.8 Å². The van der Waals surface area contributed by atoms with Crippen molar-refractivity contribution in [2.24, 2.45) is 5.73 Å². The number of rotatable bonds is 7. The maximum Gasteiger partial charge on any atom is 0.345 e. The van der Waals surface area contributed by atoms with Crippen molar-refractivity contribution in [2.75, 3.05) is 13.2 Å². The normalized spacial score (nSPS) is 12.4. The van der Waals surface area contributed by atoms with Crippen molar-refractivity contribution < 1.29 is 18.3 Å². The molecule has 0 unspecified atom stereocenters. The highest BCUT2D eigenvalue weighted by atomic mass is 19.3. The van der Waals surface area contributed by atoms with E-state index in [1.807, 2.05) is 30.3 Å². The Kier molecular flexibility index (Phi) is 6.24. The third kappa shape index (κ3) is 5.70. The van der Waals surface area contributed by atoms with Crippen LogP contribution >= 0.6 is 0 Å². The van der Waals surface area contributed by atoms with Gasteiger partial charge in [0.15, 0.2) is 0 Å². The highest BCUT2D eigenvalue weighted by Crippen LogP contribution is 1.98. The van der Waals surface area contributed by atoms with Gasteiger partial charge in [0.05, 0.1) is 6.61 Å². The Morgan fingerprint density at radius 1 is 1.33 bits per heavy atom. The Balaban J connectivity index is 2.20. The van der Waals surface area contributed by atoms with E-state index in [1.165, 1.54) is 0 Å².